The molecule has 1 N–H and O–H groups in total. The van der Waals surface area contributed by atoms with Gasteiger partial charge in [-0.3, -0.25) is 10.1 Å². The third-order valence-electron chi connectivity index (χ3n) is 2.54. The number of nitrogens with zero attached hydrogens (tertiary/aromatic N) is 2. The predicted octanol–water partition coefficient (Wildman–Crippen LogP) is -0.600. The van der Waals surface area contributed by atoms with Crippen molar-refractivity contribution in [3.05, 3.63) is 0 Å². The van der Waals surface area contributed by atoms with Gasteiger partial charge in [-0.15, -0.1) is 11.8 Å². The first-order valence-electron chi connectivity index (χ1n) is 4.92. The highest BCUT2D eigenvalue weighted by atomic mass is 32.2. The van der Waals surface area contributed by atoms with Crippen LogP contribution in [-0.2, 0) is 9.53 Å². The Bertz CT molecular complexity index is 286. The molecule has 0 radical (unpaired) electrons. The van der Waals surface area contributed by atoms with Crippen LogP contribution in [0, 0.1) is 11.3 Å². The molecule has 0 aromatic rings. The fraction of sp³-hybridized carbons (Fsp3) is 0.778. The van der Waals surface area contributed by atoms with Crippen LogP contribution in [-0.4, -0.2) is 54.3 Å². The summed E-state index contributed by atoms with van der Waals surface area (Å²) in [5.41, 5.74) is 0. The number of hydrogen-bond donors (Lipinski definition) is 1. The molecular weight excluding hydrogens is 214 g/mol. The number of hydrogen-bond acceptors (Lipinski definition) is 5. The molecule has 2 rings (SSSR count). The molecule has 5 nitrogen and oxygen atoms in total. The van der Waals surface area contributed by atoms with E-state index in [1.54, 1.807) is 16.7 Å². The second-order valence-corrected chi connectivity index (χ2v) is 4.57. The van der Waals surface area contributed by atoms with Gasteiger partial charge in [-0.1, -0.05) is 0 Å². The Morgan fingerprint density at radius 3 is 3.20 bits per heavy atom. The summed E-state index contributed by atoms with van der Waals surface area (Å²) in [4.78, 5) is 13.7. The van der Waals surface area contributed by atoms with Gasteiger partial charge in [-0.25, -0.2) is 0 Å². The molecule has 1 amide bonds. The maximum absolute atomic E-state index is 11.9. The third kappa shape index (κ3) is 2.43. The number of nitrogens with one attached hydrogen (secondary N) is 1. The van der Waals surface area contributed by atoms with Gasteiger partial charge in [0.15, 0.2) is 6.10 Å². The molecule has 2 fully saturated rings. The average Bonchev–Trinajstić information content (AvgIpc) is 2.81. The minimum atomic E-state index is -0.461. The highest BCUT2D eigenvalue weighted by Crippen LogP contribution is 2.14. The van der Waals surface area contributed by atoms with Crippen LogP contribution in [0.3, 0.4) is 0 Å². The van der Waals surface area contributed by atoms with Crippen molar-refractivity contribution < 1.29 is 9.53 Å². The van der Waals surface area contributed by atoms with E-state index in [0.29, 0.717) is 19.7 Å². The Morgan fingerprint density at radius 2 is 2.53 bits per heavy atom. The minimum absolute atomic E-state index is 0.0764. The van der Waals surface area contributed by atoms with E-state index in [2.05, 4.69) is 5.32 Å². The van der Waals surface area contributed by atoms with E-state index in [0.717, 1.165) is 11.6 Å². The number of ether oxygens (including phenoxy) is 1. The molecule has 0 aromatic heterocycles. The first-order chi connectivity index (χ1) is 7.31. The summed E-state index contributed by atoms with van der Waals surface area (Å²) in [6.07, 6.45) is -0.461. The van der Waals surface area contributed by atoms with Crippen LogP contribution in [0.4, 0.5) is 0 Å². The molecule has 0 bridgehead atoms. The van der Waals surface area contributed by atoms with Crippen molar-refractivity contribution in [2.24, 2.45) is 0 Å². The summed E-state index contributed by atoms with van der Waals surface area (Å²) in [7, 11) is 0. The third-order valence-corrected chi connectivity index (χ3v) is 3.48. The van der Waals surface area contributed by atoms with E-state index in [9.17, 15) is 4.79 Å². The van der Waals surface area contributed by atoms with Crippen molar-refractivity contribution in [3.63, 3.8) is 0 Å². The molecule has 2 saturated heterocycles. The first-order valence-corrected chi connectivity index (χ1v) is 6.08. The normalized spacial score (nSPS) is 31.3. The van der Waals surface area contributed by atoms with Crippen LogP contribution >= 0.6 is 11.8 Å². The van der Waals surface area contributed by atoms with Gasteiger partial charge in [0.2, 0.25) is 5.91 Å². The lowest BCUT2D eigenvalue weighted by atomic mass is 10.2. The van der Waals surface area contributed by atoms with Gasteiger partial charge in [-0.2, -0.15) is 5.26 Å². The van der Waals surface area contributed by atoms with E-state index < -0.39 is 6.10 Å². The highest BCUT2D eigenvalue weighted by Gasteiger charge is 2.30. The summed E-state index contributed by atoms with van der Waals surface area (Å²) < 4.78 is 5.19. The summed E-state index contributed by atoms with van der Waals surface area (Å²) in [5, 5.41) is 11.9. The number of amides is 1. The van der Waals surface area contributed by atoms with Gasteiger partial charge in [0.25, 0.3) is 0 Å². The van der Waals surface area contributed by atoms with Crippen LogP contribution in [0.1, 0.15) is 0 Å². The molecule has 2 aliphatic rings. The lowest BCUT2D eigenvalue weighted by molar-refractivity contribution is -0.138. The lowest BCUT2D eigenvalue weighted by Crippen LogP contribution is -2.51. The van der Waals surface area contributed by atoms with E-state index in [1.165, 1.54) is 0 Å². The largest absolute Gasteiger partial charge is 0.360 e. The number of nitriles is 1. The van der Waals surface area contributed by atoms with Gasteiger partial charge < -0.3 is 9.64 Å². The standard InChI is InChI=1S/C9H13N3O2S/c10-3-7-4-12(1-2-14-7)9(13)8-5-15-6-11-8/h7-8,11H,1-2,4-6H2. The molecule has 2 heterocycles. The van der Waals surface area contributed by atoms with E-state index >= 15 is 0 Å². The monoisotopic (exact) mass is 227 g/mol. The molecule has 82 valence electrons. The molecule has 0 aliphatic carbocycles. The topological polar surface area (TPSA) is 65.4 Å². The number of rotatable bonds is 1. The smallest absolute Gasteiger partial charge is 0.240 e. The molecule has 2 unspecified atom stereocenters. The zero-order valence-electron chi connectivity index (χ0n) is 8.31. The molecule has 0 spiro atoms. The SMILES string of the molecule is N#CC1CN(C(=O)C2CSCN2)CCO1. The minimum Gasteiger partial charge on any atom is -0.360 e. The second-order valence-electron chi connectivity index (χ2n) is 3.54. The summed E-state index contributed by atoms with van der Waals surface area (Å²) in [5.74, 6) is 1.76. The quantitative estimate of drug-likeness (QED) is 0.648. The van der Waals surface area contributed by atoms with Crippen LogP contribution < -0.4 is 5.32 Å². The molecule has 2 aliphatic heterocycles. The van der Waals surface area contributed by atoms with Crippen LogP contribution in [0.2, 0.25) is 0 Å². The average molecular weight is 227 g/mol. The highest BCUT2D eigenvalue weighted by molar-refractivity contribution is 7.99. The lowest BCUT2D eigenvalue weighted by Gasteiger charge is -2.31. The van der Waals surface area contributed by atoms with Gasteiger partial charge >= 0.3 is 0 Å². The van der Waals surface area contributed by atoms with Crippen LogP contribution in [0.5, 0.6) is 0 Å². The number of carbonyl (C=O) groups excluding carboxylic acids is 1. The Hall–Kier alpha value is -0.770. The van der Waals surface area contributed by atoms with Crippen LogP contribution in [0.25, 0.3) is 0 Å². The van der Waals surface area contributed by atoms with Crippen molar-refractivity contribution >= 4 is 17.7 Å². The van der Waals surface area contributed by atoms with Gasteiger partial charge in [-0.05, 0) is 0 Å². The maximum Gasteiger partial charge on any atom is 0.240 e. The van der Waals surface area contributed by atoms with E-state index in [-0.39, 0.29) is 11.9 Å². The molecule has 0 aromatic carbocycles. The number of morpholine rings is 1. The molecule has 15 heavy (non-hydrogen) atoms. The first kappa shape index (κ1) is 10.7. The van der Waals surface area contributed by atoms with E-state index in [4.69, 9.17) is 10.00 Å². The Morgan fingerprint density at radius 1 is 1.67 bits per heavy atom. The van der Waals surface area contributed by atoms with Crippen molar-refractivity contribution in [2.75, 3.05) is 31.3 Å². The van der Waals surface area contributed by atoms with Gasteiger partial charge in [0.1, 0.15) is 0 Å². The molecule has 6 heteroatoms. The fourth-order valence-corrected chi connectivity index (χ4v) is 2.63. The Kier molecular flexibility index (Phi) is 3.46. The zero-order chi connectivity index (χ0) is 10.7. The molecular formula is C9H13N3O2S. The van der Waals surface area contributed by atoms with Crippen molar-refractivity contribution in [3.8, 4) is 6.07 Å². The van der Waals surface area contributed by atoms with Crippen molar-refractivity contribution in [1.82, 2.24) is 10.2 Å². The van der Waals surface area contributed by atoms with Gasteiger partial charge in [0, 0.05) is 18.2 Å². The summed E-state index contributed by atoms with van der Waals surface area (Å²) >= 11 is 1.73. The summed E-state index contributed by atoms with van der Waals surface area (Å²) in [6, 6.07) is 1.96. The summed E-state index contributed by atoms with van der Waals surface area (Å²) in [6.45, 7) is 1.46. The predicted molar refractivity (Wildman–Crippen MR) is 56.2 cm³/mol. The van der Waals surface area contributed by atoms with Gasteiger partial charge in [0.05, 0.1) is 25.3 Å². The second kappa shape index (κ2) is 4.84. The maximum atomic E-state index is 11.9. The van der Waals surface area contributed by atoms with Crippen LogP contribution in [0.15, 0.2) is 0 Å². The molecule has 0 saturated carbocycles. The zero-order valence-corrected chi connectivity index (χ0v) is 9.13. The van der Waals surface area contributed by atoms with E-state index in [1.807, 2.05) is 6.07 Å². The number of thioether (sulfide) groups is 1. The molecule has 2 atom stereocenters. The fourth-order valence-electron chi connectivity index (χ4n) is 1.70. The van der Waals surface area contributed by atoms with Crippen molar-refractivity contribution in [1.29, 1.82) is 5.26 Å². The Labute approximate surface area is 92.7 Å². The number of carbonyl (C=O) groups is 1. The Balaban J connectivity index is 1.92. The van der Waals surface area contributed by atoms with Crippen molar-refractivity contribution in [2.45, 2.75) is 12.1 Å².